The number of nitrogens with one attached hydrogen (secondary N) is 1. The molecule has 0 spiro atoms. The monoisotopic (exact) mass is 545 g/mol. The number of carbonyl (C=O) groups excluding carboxylic acids is 2. The number of halogens is 3. The van der Waals surface area contributed by atoms with Crippen LogP contribution >= 0.6 is 11.6 Å². The Kier molecular flexibility index (Phi) is 12.1. The van der Waals surface area contributed by atoms with Crippen LogP contribution < -0.4 is 10.1 Å². The second-order valence-electron chi connectivity index (χ2n) is 8.14. The zero-order chi connectivity index (χ0) is 28.1. The molecule has 2 aromatic carbocycles. The molecule has 0 atom stereocenters. The highest BCUT2D eigenvalue weighted by Crippen LogP contribution is 2.21. The maximum absolute atomic E-state index is 12.8. The van der Waals surface area contributed by atoms with E-state index in [9.17, 15) is 18.4 Å². The molecule has 0 bridgehead atoms. The quantitative estimate of drug-likeness (QED) is 0.168. The molecular weight excluding hydrogens is 516 g/mol. The van der Waals surface area contributed by atoms with Crippen LogP contribution in [-0.2, 0) is 11.3 Å². The molecule has 0 unspecified atom stereocenters. The van der Waals surface area contributed by atoms with Crippen molar-refractivity contribution in [2.75, 3.05) is 13.6 Å². The first-order valence-electron chi connectivity index (χ1n) is 11.6. The molecule has 11 heteroatoms. The fourth-order valence-corrected chi connectivity index (χ4v) is 2.98. The standard InChI is InChI=1S/C27H30ClF2N5O3/c1-5-19(2)14-31-15-20(3)38-24-12-10-23(11-13-24)32-26(33-27(37)34(4)17-25(29)30)35(18-36)16-21-6-8-22(28)9-7-21/h5-15,18,25H,16-17H2,1-4H3,(H,32,33,37)/b19-5-,20-15+,31-14-. The third kappa shape index (κ3) is 10.5. The topological polar surface area (TPSA) is 86.6 Å². The van der Waals surface area contributed by atoms with E-state index in [1.807, 2.05) is 19.9 Å². The van der Waals surface area contributed by atoms with Gasteiger partial charge in [0.25, 0.3) is 6.43 Å². The summed E-state index contributed by atoms with van der Waals surface area (Å²) in [5, 5.41) is 2.97. The highest BCUT2D eigenvalue weighted by Gasteiger charge is 2.19. The minimum atomic E-state index is -2.72. The molecule has 2 aromatic rings. The Balaban J connectivity index is 2.28. The lowest BCUT2D eigenvalue weighted by Gasteiger charge is -2.23. The first-order valence-corrected chi connectivity index (χ1v) is 11.9. The lowest BCUT2D eigenvalue weighted by atomic mass is 10.2. The molecule has 0 radical (unpaired) electrons. The number of allylic oxidation sites excluding steroid dienone is 3. The van der Waals surface area contributed by atoms with Gasteiger partial charge in [-0.3, -0.25) is 20.0 Å². The molecule has 0 aromatic heterocycles. The summed E-state index contributed by atoms with van der Waals surface area (Å²) in [5.74, 6) is 0.942. The summed E-state index contributed by atoms with van der Waals surface area (Å²) in [4.78, 5) is 35.0. The molecule has 202 valence electrons. The van der Waals surface area contributed by atoms with Gasteiger partial charge in [-0.1, -0.05) is 29.8 Å². The van der Waals surface area contributed by atoms with Crippen LogP contribution in [0.2, 0.25) is 5.02 Å². The summed E-state index contributed by atoms with van der Waals surface area (Å²) in [6.45, 7) is 4.88. The molecule has 0 heterocycles. The number of guanidine groups is 1. The van der Waals surface area contributed by atoms with Gasteiger partial charge >= 0.3 is 6.03 Å². The molecule has 38 heavy (non-hydrogen) atoms. The van der Waals surface area contributed by atoms with E-state index in [2.05, 4.69) is 15.3 Å². The van der Waals surface area contributed by atoms with Crippen LogP contribution in [0.15, 0.2) is 82.1 Å². The van der Waals surface area contributed by atoms with Gasteiger partial charge in [0.05, 0.1) is 25.0 Å². The number of rotatable bonds is 10. The first-order chi connectivity index (χ1) is 18.1. The molecule has 1 N–H and O–H groups in total. The summed E-state index contributed by atoms with van der Waals surface area (Å²) >= 11 is 5.93. The van der Waals surface area contributed by atoms with Crippen molar-refractivity contribution >= 4 is 41.9 Å². The molecule has 0 aliphatic rings. The van der Waals surface area contributed by atoms with Crippen molar-refractivity contribution in [1.29, 1.82) is 0 Å². The maximum Gasteiger partial charge on any atom is 0.324 e. The number of hydrogen-bond acceptors (Lipinski definition) is 5. The van der Waals surface area contributed by atoms with Crippen LogP contribution in [0.4, 0.5) is 19.3 Å². The Morgan fingerprint density at radius 1 is 1.13 bits per heavy atom. The predicted octanol–water partition coefficient (Wildman–Crippen LogP) is 6.17. The SMILES string of the molecule is C\C=C(C)/C=N\C=C(/C)Oc1ccc(N=C(NC(=O)N(C)CC(F)F)N(C=O)Cc2ccc(Cl)cc2)cc1. The van der Waals surface area contributed by atoms with Crippen LogP contribution in [0.3, 0.4) is 0 Å². The summed E-state index contributed by atoms with van der Waals surface area (Å²) < 4.78 is 31.3. The number of alkyl halides is 2. The maximum atomic E-state index is 12.8. The fraction of sp³-hybridized carbons (Fsp3) is 0.259. The Labute approximate surface area is 226 Å². The fourth-order valence-electron chi connectivity index (χ4n) is 2.85. The van der Waals surface area contributed by atoms with E-state index in [0.717, 1.165) is 15.4 Å². The van der Waals surface area contributed by atoms with Gasteiger partial charge in [-0.25, -0.2) is 18.6 Å². The number of ether oxygens (including phenoxy) is 1. The van der Waals surface area contributed by atoms with E-state index < -0.39 is 19.0 Å². The molecule has 0 saturated heterocycles. The van der Waals surface area contributed by atoms with Crippen molar-refractivity contribution in [3.63, 3.8) is 0 Å². The van der Waals surface area contributed by atoms with Crippen LogP contribution in [0.1, 0.15) is 26.3 Å². The molecule has 8 nitrogen and oxygen atoms in total. The summed E-state index contributed by atoms with van der Waals surface area (Å²) in [5.41, 5.74) is 2.11. The number of nitrogens with zero attached hydrogens (tertiary/aromatic N) is 4. The molecule has 3 amide bonds. The average molecular weight is 546 g/mol. The van der Waals surface area contributed by atoms with Gasteiger partial charge in [-0.2, -0.15) is 0 Å². The van der Waals surface area contributed by atoms with E-state index >= 15 is 0 Å². The van der Waals surface area contributed by atoms with Crippen LogP contribution in [0, 0.1) is 0 Å². The highest BCUT2D eigenvalue weighted by molar-refractivity contribution is 6.30. The van der Waals surface area contributed by atoms with Crippen molar-refractivity contribution in [3.05, 3.63) is 82.7 Å². The number of aliphatic imine (C=N–C) groups is 2. The van der Waals surface area contributed by atoms with Gasteiger partial charge in [0.2, 0.25) is 12.4 Å². The Hall–Kier alpha value is -4.05. The van der Waals surface area contributed by atoms with Crippen molar-refractivity contribution < 1.29 is 23.1 Å². The largest absolute Gasteiger partial charge is 0.460 e. The van der Waals surface area contributed by atoms with E-state index in [-0.39, 0.29) is 12.5 Å². The Bertz CT molecular complexity index is 1200. The van der Waals surface area contributed by atoms with E-state index in [4.69, 9.17) is 16.3 Å². The number of hydrogen-bond donors (Lipinski definition) is 1. The first kappa shape index (κ1) is 30.2. The minimum Gasteiger partial charge on any atom is -0.460 e. The van der Waals surface area contributed by atoms with Crippen LogP contribution in [-0.4, -0.2) is 54.4 Å². The molecule has 0 aliphatic heterocycles. The van der Waals surface area contributed by atoms with Crippen molar-refractivity contribution in [2.45, 2.75) is 33.7 Å². The normalized spacial score (nSPS) is 12.6. The van der Waals surface area contributed by atoms with Crippen molar-refractivity contribution in [1.82, 2.24) is 15.1 Å². The third-order valence-electron chi connectivity index (χ3n) is 4.98. The smallest absolute Gasteiger partial charge is 0.324 e. The van der Waals surface area contributed by atoms with Gasteiger partial charge in [0.1, 0.15) is 11.5 Å². The van der Waals surface area contributed by atoms with Gasteiger partial charge in [-0.05, 0) is 68.3 Å². The Morgan fingerprint density at radius 3 is 2.37 bits per heavy atom. The number of benzene rings is 2. The van der Waals surface area contributed by atoms with E-state index in [1.54, 1.807) is 67.9 Å². The van der Waals surface area contributed by atoms with Crippen LogP contribution in [0.5, 0.6) is 5.75 Å². The zero-order valence-corrected chi connectivity index (χ0v) is 22.3. The molecule has 0 saturated carbocycles. The minimum absolute atomic E-state index is 0.0523. The summed E-state index contributed by atoms with van der Waals surface area (Å²) in [6, 6.07) is 12.5. The van der Waals surface area contributed by atoms with E-state index in [0.29, 0.717) is 34.2 Å². The second kappa shape index (κ2) is 15.3. The Morgan fingerprint density at radius 2 is 1.79 bits per heavy atom. The van der Waals surface area contributed by atoms with Crippen molar-refractivity contribution in [2.24, 2.45) is 9.98 Å². The highest BCUT2D eigenvalue weighted by atomic mass is 35.5. The number of amides is 3. The van der Waals surface area contributed by atoms with E-state index in [1.165, 1.54) is 7.05 Å². The van der Waals surface area contributed by atoms with Gasteiger partial charge in [0.15, 0.2) is 0 Å². The second-order valence-corrected chi connectivity index (χ2v) is 8.58. The number of carbonyl (C=O) groups is 2. The number of urea groups is 1. The molecule has 0 fully saturated rings. The lowest BCUT2D eigenvalue weighted by Crippen LogP contribution is -2.48. The van der Waals surface area contributed by atoms with Gasteiger partial charge in [0, 0.05) is 18.3 Å². The van der Waals surface area contributed by atoms with Gasteiger partial charge < -0.3 is 9.64 Å². The zero-order valence-electron chi connectivity index (χ0n) is 21.6. The third-order valence-corrected chi connectivity index (χ3v) is 5.24. The van der Waals surface area contributed by atoms with Gasteiger partial charge in [-0.15, -0.1) is 0 Å². The van der Waals surface area contributed by atoms with Crippen LogP contribution in [0.25, 0.3) is 0 Å². The van der Waals surface area contributed by atoms with Crippen molar-refractivity contribution in [3.8, 4) is 5.75 Å². The summed E-state index contributed by atoms with van der Waals surface area (Å²) in [6.07, 6.45) is 3.00. The lowest BCUT2D eigenvalue weighted by molar-refractivity contribution is -0.115. The molecule has 2 rings (SSSR count). The average Bonchev–Trinajstić information content (AvgIpc) is 2.88. The molecule has 0 aliphatic carbocycles. The predicted molar refractivity (Wildman–Crippen MR) is 146 cm³/mol. The summed E-state index contributed by atoms with van der Waals surface area (Å²) in [7, 11) is 1.22. The molecular formula is C27H30ClF2N5O3.